The maximum atomic E-state index is 5.10. The van der Waals surface area contributed by atoms with Gasteiger partial charge in [0.25, 0.3) is 0 Å². The number of hydrogen-bond donors (Lipinski definition) is 0. The van der Waals surface area contributed by atoms with E-state index >= 15 is 0 Å². The lowest BCUT2D eigenvalue weighted by Crippen LogP contribution is -2.28. The lowest BCUT2D eigenvalue weighted by molar-refractivity contribution is 0.770. The molecule has 1 aliphatic carbocycles. The number of aromatic nitrogens is 3. The first kappa shape index (κ1) is 32.4. The van der Waals surface area contributed by atoms with Gasteiger partial charge in [0, 0.05) is 36.9 Å². The first-order valence-corrected chi connectivity index (χ1v) is 19.8. The van der Waals surface area contributed by atoms with E-state index in [0.717, 1.165) is 27.8 Å². The zero-order valence-corrected chi connectivity index (χ0v) is 31.1. The Hall–Kier alpha value is -7.01. The van der Waals surface area contributed by atoms with Crippen molar-refractivity contribution in [1.82, 2.24) is 15.0 Å². The van der Waals surface area contributed by atoms with E-state index in [-0.39, 0.29) is 0 Å². The Balaban J connectivity index is 1.10. The second kappa shape index (κ2) is 13.1. The van der Waals surface area contributed by atoms with Crippen molar-refractivity contribution in [3.63, 3.8) is 0 Å². The van der Waals surface area contributed by atoms with Gasteiger partial charge in [-0.05, 0) is 68.8 Å². The second-order valence-electron chi connectivity index (χ2n) is 14.3. The SMILES string of the molecule is c1ccc(-c2nc(-c3ccccc3)nc(-c3ccccc3-c3ccc4sc5ccc(C6(c7ccccc7)c7ccccc7-c7ccccc76)cc5c4c3)n2)cc1. The molecule has 0 amide bonds. The molecule has 0 saturated heterocycles. The Morgan fingerprint density at radius 1 is 0.321 bits per heavy atom. The lowest BCUT2D eigenvalue weighted by atomic mass is 9.67. The van der Waals surface area contributed by atoms with Gasteiger partial charge in [-0.1, -0.05) is 176 Å². The van der Waals surface area contributed by atoms with Gasteiger partial charge in [-0.15, -0.1) is 11.3 Å². The molecule has 0 spiro atoms. The first-order chi connectivity index (χ1) is 27.8. The van der Waals surface area contributed by atoms with Gasteiger partial charge in [0.2, 0.25) is 0 Å². The van der Waals surface area contributed by atoms with Gasteiger partial charge < -0.3 is 0 Å². The monoisotopic (exact) mass is 731 g/mol. The topological polar surface area (TPSA) is 38.7 Å². The Morgan fingerprint density at radius 3 is 1.39 bits per heavy atom. The van der Waals surface area contributed by atoms with Crippen LogP contribution in [0.25, 0.3) is 76.6 Å². The van der Waals surface area contributed by atoms with Crippen LogP contribution in [0, 0.1) is 0 Å². The molecular weight excluding hydrogens is 699 g/mol. The fourth-order valence-electron chi connectivity index (χ4n) is 8.75. The molecule has 1 aliphatic rings. The quantitative estimate of drug-likeness (QED) is 0.171. The summed E-state index contributed by atoms with van der Waals surface area (Å²) in [5.41, 5.74) is 12.4. The molecule has 3 nitrogen and oxygen atoms in total. The van der Waals surface area contributed by atoms with Crippen LogP contribution in [0.4, 0.5) is 0 Å². The molecule has 0 N–H and O–H groups in total. The van der Waals surface area contributed by atoms with Crippen LogP contribution in [-0.4, -0.2) is 15.0 Å². The average Bonchev–Trinajstić information content (AvgIpc) is 3.80. The van der Waals surface area contributed by atoms with Crippen molar-refractivity contribution in [3.8, 4) is 56.4 Å². The summed E-state index contributed by atoms with van der Waals surface area (Å²) < 4.78 is 2.53. The smallest absolute Gasteiger partial charge is 0.164 e. The van der Waals surface area contributed by atoms with Crippen LogP contribution in [0.5, 0.6) is 0 Å². The van der Waals surface area contributed by atoms with Crippen molar-refractivity contribution in [2.45, 2.75) is 5.41 Å². The van der Waals surface area contributed by atoms with Crippen molar-refractivity contribution in [2.24, 2.45) is 0 Å². The Labute approximate surface area is 329 Å². The predicted molar refractivity (Wildman–Crippen MR) is 232 cm³/mol. The van der Waals surface area contributed by atoms with Crippen LogP contribution < -0.4 is 0 Å². The van der Waals surface area contributed by atoms with E-state index in [4.69, 9.17) is 15.0 Å². The summed E-state index contributed by atoms with van der Waals surface area (Å²) >= 11 is 1.85. The number of thiophene rings is 1. The summed E-state index contributed by atoms with van der Waals surface area (Å²) in [4.78, 5) is 15.1. The molecule has 0 saturated carbocycles. The molecule has 0 unspecified atom stereocenters. The van der Waals surface area contributed by atoms with Crippen molar-refractivity contribution in [1.29, 1.82) is 0 Å². The minimum atomic E-state index is -0.452. The Morgan fingerprint density at radius 2 is 0.786 bits per heavy atom. The van der Waals surface area contributed by atoms with Crippen molar-refractivity contribution in [3.05, 3.63) is 222 Å². The molecule has 0 atom stereocenters. The molecule has 0 bridgehead atoms. The fraction of sp³-hybridized carbons (Fsp3) is 0.0192. The predicted octanol–water partition coefficient (Wildman–Crippen LogP) is 13.3. The van der Waals surface area contributed by atoms with Crippen LogP contribution in [0.15, 0.2) is 200 Å². The molecule has 2 aromatic heterocycles. The molecule has 262 valence electrons. The van der Waals surface area contributed by atoms with Gasteiger partial charge >= 0.3 is 0 Å². The van der Waals surface area contributed by atoms with E-state index in [2.05, 4.69) is 140 Å². The van der Waals surface area contributed by atoms with Gasteiger partial charge in [0.15, 0.2) is 17.5 Å². The molecule has 11 rings (SSSR count). The number of fused-ring (bicyclic) bond motifs is 6. The molecule has 4 heteroatoms. The molecule has 10 aromatic rings. The van der Waals surface area contributed by atoms with E-state index in [9.17, 15) is 0 Å². The zero-order valence-electron chi connectivity index (χ0n) is 30.3. The molecule has 8 aromatic carbocycles. The third kappa shape index (κ3) is 5.07. The first-order valence-electron chi connectivity index (χ1n) is 18.9. The molecular formula is C52H33N3S. The highest BCUT2D eigenvalue weighted by atomic mass is 32.1. The van der Waals surface area contributed by atoms with Crippen molar-refractivity contribution in [2.75, 3.05) is 0 Å². The van der Waals surface area contributed by atoms with Gasteiger partial charge in [-0.25, -0.2) is 15.0 Å². The van der Waals surface area contributed by atoms with E-state index in [1.807, 2.05) is 72.0 Å². The third-order valence-electron chi connectivity index (χ3n) is 11.2. The van der Waals surface area contributed by atoms with Gasteiger partial charge in [-0.2, -0.15) is 0 Å². The minimum Gasteiger partial charge on any atom is -0.208 e. The number of hydrogen-bond acceptors (Lipinski definition) is 4. The highest BCUT2D eigenvalue weighted by Gasteiger charge is 2.45. The molecule has 0 fully saturated rings. The summed E-state index contributed by atoms with van der Waals surface area (Å²) in [7, 11) is 0. The van der Waals surface area contributed by atoms with E-state index in [1.54, 1.807) is 0 Å². The maximum absolute atomic E-state index is 5.10. The van der Waals surface area contributed by atoms with Crippen LogP contribution in [-0.2, 0) is 5.41 Å². The zero-order chi connectivity index (χ0) is 37.1. The largest absolute Gasteiger partial charge is 0.208 e. The normalized spacial score (nSPS) is 12.8. The summed E-state index contributed by atoms with van der Waals surface area (Å²) in [5.74, 6) is 1.95. The van der Waals surface area contributed by atoms with Crippen molar-refractivity contribution >= 4 is 31.5 Å². The van der Waals surface area contributed by atoms with Crippen LogP contribution in [0.3, 0.4) is 0 Å². The fourth-order valence-corrected chi connectivity index (χ4v) is 9.82. The number of nitrogens with zero attached hydrogens (tertiary/aromatic N) is 3. The summed E-state index contributed by atoms with van der Waals surface area (Å²) in [6, 6.07) is 71.7. The highest BCUT2D eigenvalue weighted by Crippen LogP contribution is 2.56. The lowest BCUT2D eigenvalue weighted by Gasteiger charge is -2.34. The van der Waals surface area contributed by atoms with Gasteiger partial charge in [0.1, 0.15) is 0 Å². The molecule has 0 aliphatic heterocycles. The Kier molecular flexibility index (Phi) is 7.58. The van der Waals surface area contributed by atoms with E-state index in [1.165, 1.54) is 53.6 Å². The minimum absolute atomic E-state index is 0.452. The molecule has 0 radical (unpaired) electrons. The van der Waals surface area contributed by atoms with Crippen molar-refractivity contribution < 1.29 is 0 Å². The molecule has 2 heterocycles. The maximum Gasteiger partial charge on any atom is 0.164 e. The number of benzene rings is 8. The molecule has 56 heavy (non-hydrogen) atoms. The van der Waals surface area contributed by atoms with Crippen LogP contribution in [0.1, 0.15) is 22.3 Å². The standard InChI is InChI=1S/C52H33N3S/c1-4-16-34(17-5-1)49-53-50(35-18-6-2-7-19-35)55-51(54-49)42-25-11-10-22-39(42)36-28-30-47-43(32-36)44-33-38(29-31-48(44)56-47)52(37-20-8-3-9-21-37)45-26-14-12-23-40(45)41-24-13-15-27-46(41)52/h1-33H. The Bertz CT molecular complexity index is 2980. The number of rotatable bonds is 6. The van der Waals surface area contributed by atoms with E-state index < -0.39 is 5.41 Å². The van der Waals surface area contributed by atoms with Gasteiger partial charge in [-0.3, -0.25) is 0 Å². The summed E-state index contributed by atoms with van der Waals surface area (Å²) in [5, 5.41) is 2.50. The highest BCUT2D eigenvalue weighted by molar-refractivity contribution is 7.25. The van der Waals surface area contributed by atoms with E-state index in [0.29, 0.717) is 17.5 Å². The third-order valence-corrected chi connectivity index (χ3v) is 12.4. The summed E-state index contributed by atoms with van der Waals surface area (Å²) in [6.45, 7) is 0. The summed E-state index contributed by atoms with van der Waals surface area (Å²) in [6.07, 6.45) is 0. The van der Waals surface area contributed by atoms with Gasteiger partial charge in [0.05, 0.1) is 5.41 Å². The van der Waals surface area contributed by atoms with Crippen LogP contribution in [0.2, 0.25) is 0 Å². The second-order valence-corrected chi connectivity index (χ2v) is 15.4. The van der Waals surface area contributed by atoms with Crippen LogP contribution >= 0.6 is 11.3 Å². The average molecular weight is 732 g/mol.